The molecule has 0 radical (unpaired) electrons. The molecule has 2 unspecified atom stereocenters. The molecule has 1 aliphatic carbocycles. The molecule has 0 saturated heterocycles. The lowest BCUT2D eigenvalue weighted by Crippen LogP contribution is -2.15. The Kier molecular flexibility index (Phi) is 5.87. The van der Waals surface area contributed by atoms with E-state index in [0.29, 0.717) is 19.3 Å². The Morgan fingerprint density at radius 3 is 2.65 bits per heavy atom. The number of carboxylic acids is 1. The predicted octanol–water partition coefficient (Wildman–Crippen LogP) is 2.21. The van der Waals surface area contributed by atoms with E-state index in [-0.39, 0.29) is 24.0 Å². The Bertz CT molecular complexity index is 285. The molecule has 2 atom stereocenters. The number of hydrogen-bond donors (Lipinski definition) is 1. The zero-order valence-electron chi connectivity index (χ0n) is 10.1. The number of carbonyl (C=O) groups is 3. The van der Waals surface area contributed by atoms with Gasteiger partial charge in [-0.3, -0.25) is 9.59 Å². The van der Waals surface area contributed by atoms with Gasteiger partial charge in [0.05, 0.1) is 0 Å². The van der Waals surface area contributed by atoms with Crippen LogP contribution in [0.25, 0.3) is 0 Å². The summed E-state index contributed by atoms with van der Waals surface area (Å²) in [6.45, 7) is 0. The molecule has 0 heterocycles. The van der Waals surface area contributed by atoms with Crippen LogP contribution in [-0.4, -0.2) is 23.1 Å². The molecule has 0 aliphatic heterocycles. The fraction of sp³-hybridized carbons (Fsp3) is 0.769. The van der Waals surface area contributed by atoms with Gasteiger partial charge in [-0.05, 0) is 19.3 Å². The fourth-order valence-electron chi connectivity index (χ4n) is 2.47. The van der Waals surface area contributed by atoms with Crippen LogP contribution in [0.5, 0.6) is 0 Å². The number of ketones is 1. The number of carbonyl (C=O) groups excluding carboxylic acids is 2. The number of rotatable bonds is 8. The maximum atomic E-state index is 11.5. The van der Waals surface area contributed by atoms with Crippen LogP contribution in [0.4, 0.5) is 0 Å². The highest BCUT2D eigenvalue weighted by molar-refractivity contribution is 5.86. The molecule has 1 rings (SSSR count). The van der Waals surface area contributed by atoms with Crippen LogP contribution in [0.1, 0.15) is 51.4 Å². The Morgan fingerprint density at radius 1 is 1.29 bits per heavy atom. The van der Waals surface area contributed by atoms with Gasteiger partial charge >= 0.3 is 5.97 Å². The summed E-state index contributed by atoms with van der Waals surface area (Å²) in [5, 5.41) is 8.46. The number of aldehydes is 1. The molecule has 0 aromatic carbocycles. The molecule has 0 aromatic heterocycles. The van der Waals surface area contributed by atoms with Gasteiger partial charge in [0.1, 0.15) is 12.1 Å². The lowest BCUT2D eigenvalue weighted by Gasteiger charge is -2.12. The van der Waals surface area contributed by atoms with E-state index in [1.807, 2.05) is 0 Å². The van der Waals surface area contributed by atoms with Gasteiger partial charge < -0.3 is 9.90 Å². The van der Waals surface area contributed by atoms with Crippen molar-refractivity contribution in [3.05, 3.63) is 0 Å². The predicted molar refractivity (Wildman–Crippen MR) is 62.6 cm³/mol. The quantitative estimate of drug-likeness (QED) is 0.521. The molecule has 4 nitrogen and oxygen atoms in total. The Morgan fingerprint density at radius 2 is 2.00 bits per heavy atom. The monoisotopic (exact) mass is 240 g/mol. The minimum Gasteiger partial charge on any atom is -0.481 e. The van der Waals surface area contributed by atoms with E-state index < -0.39 is 5.97 Å². The Labute approximate surface area is 101 Å². The van der Waals surface area contributed by atoms with Crippen molar-refractivity contribution in [1.29, 1.82) is 0 Å². The summed E-state index contributed by atoms with van der Waals surface area (Å²) in [5.41, 5.74) is 0. The van der Waals surface area contributed by atoms with Crippen LogP contribution in [0.2, 0.25) is 0 Å². The number of hydrogen-bond acceptors (Lipinski definition) is 3. The van der Waals surface area contributed by atoms with E-state index in [2.05, 4.69) is 0 Å². The Balaban J connectivity index is 2.11. The highest BCUT2D eigenvalue weighted by Crippen LogP contribution is 2.31. The third-order valence-corrected chi connectivity index (χ3v) is 3.49. The molecule has 0 amide bonds. The maximum Gasteiger partial charge on any atom is 0.303 e. The topological polar surface area (TPSA) is 71.4 Å². The van der Waals surface area contributed by atoms with Gasteiger partial charge in [0.2, 0.25) is 0 Å². The Hall–Kier alpha value is -1.19. The van der Waals surface area contributed by atoms with Crippen molar-refractivity contribution >= 4 is 18.0 Å². The zero-order chi connectivity index (χ0) is 12.7. The molecule has 4 heteroatoms. The molecule has 0 aromatic rings. The van der Waals surface area contributed by atoms with Crippen molar-refractivity contribution < 1.29 is 19.5 Å². The highest BCUT2D eigenvalue weighted by Gasteiger charge is 2.33. The molecule has 1 aliphatic rings. The minimum absolute atomic E-state index is 0.0630. The zero-order valence-corrected chi connectivity index (χ0v) is 10.1. The summed E-state index contributed by atoms with van der Waals surface area (Å²) in [4.78, 5) is 32.6. The normalized spacial score (nSPS) is 23.9. The average molecular weight is 240 g/mol. The van der Waals surface area contributed by atoms with E-state index in [9.17, 15) is 14.4 Å². The summed E-state index contributed by atoms with van der Waals surface area (Å²) in [6, 6.07) is 0. The average Bonchev–Trinajstić information content (AvgIpc) is 2.64. The van der Waals surface area contributed by atoms with Crippen LogP contribution in [0, 0.1) is 11.8 Å². The summed E-state index contributed by atoms with van der Waals surface area (Å²) in [7, 11) is 0. The second-order valence-electron chi connectivity index (χ2n) is 4.76. The third kappa shape index (κ3) is 4.67. The SMILES string of the molecule is O=CC1CCC(=O)C1CCCCCCC(=O)O. The molecule has 1 saturated carbocycles. The van der Waals surface area contributed by atoms with Gasteiger partial charge in [0, 0.05) is 24.7 Å². The standard InChI is InChI=1S/C13H20O4/c14-9-10-7-8-12(15)11(10)5-3-1-2-4-6-13(16)17/h9-11H,1-8H2,(H,16,17). The van der Waals surface area contributed by atoms with Gasteiger partial charge in [-0.1, -0.05) is 19.3 Å². The van der Waals surface area contributed by atoms with Gasteiger partial charge in [0.15, 0.2) is 0 Å². The molecule has 0 bridgehead atoms. The second kappa shape index (κ2) is 7.20. The van der Waals surface area contributed by atoms with E-state index >= 15 is 0 Å². The van der Waals surface area contributed by atoms with Crippen LogP contribution in [-0.2, 0) is 14.4 Å². The second-order valence-corrected chi connectivity index (χ2v) is 4.76. The van der Waals surface area contributed by atoms with Crippen LogP contribution in [0.3, 0.4) is 0 Å². The lowest BCUT2D eigenvalue weighted by atomic mass is 9.91. The molecule has 17 heavy (non-hydrogen) atoms. The summed E-state index contributed by atoms with van der Waals surface area (Å²) < 4.78 is 0. The van der Waals surface area contributed by atoms with E-state index in [1.54, 1.807) is 0 Å². The summed E-state index contributed by atoms with van der Waals surface area (Å²) in [6.07, 6.45) is 6.64. The smallest absolute Gasteiger partial charge is 0.303 e. The van der Waals surface area contributed by atoms with Gasteiger partial charge in [-0.2, -0.15) is 0 Å². The van der Waals surface area contributed by atoms with Crippen LogP contribution < -0.4 is 0 Å². The molecule has 96 valence electrons. The van der Waals surface area contributed by atoms with E-state index in [0.717, 1.165) is 32.0 Å². The highest BCUT2D eigenvalue weighted by atomic mass is 16.4. The molecule has 1 fully saturated rings. The first-order valence-corrected chi connectivity index (χ1v) is 6.35. The summed E-state index contributed by atoms with van der Waals surface area (Å²) >= 11 is 0. The first-order valence-electron chi connectivity index (χ1n) is 6.35. The van der Waals surface area contributed by atoms with Crippen LogP contribution >= 0.6 is 0 Å². The fourth-order valence-corrected chi connectivity index (χ4v) is 2.47. The van der Waals surface area contributed by atoms with Crippen molar-refractivity contribution in [2.24, 2.45) is 11.8 Å². The van der Waals surface area contributed by atoms with Crippen molar-refractivity contribution in [2.75, 3.05) is 0 Å². The van der Waals surface area contributed by atoms with Gasteiger partial charge in [-0.25, -0.2) is 0 Å². The lowest BCUT2D eigenvalue weighted by molar-refractivity contribution is -0.137. The number of unbranched alkanes of at least 4 members (excludes halogenated alkanes) is 3. The van der Waals surface area contributed by atoms with Gasteiger partial charge in [0.25, 0.3) is 0 Å². The number of carboxylic acid groups (broad SMARTS) is 1. The third-order valence-electron chi connectivity index (χ3n) is 3.49. The van der Waals surface area contributed by atoms with Crippen molar-refractivity contribution in [1.82, 2.24) is 0 Å². The molecule has 1 N–H and O–H groups in total. The first-order chi connectivity index (χ1) is 8.15. The van der Waals surface area contributed by atoms with Crippen molar-refractivity contribution in [2.45, 2.75) is 51.4 Å². The largest absolute Gasteiger partial charge is 0.481 e. The first kappa shape index (κ1) is 13.9. The maximum absolute atomic E-state index is 11.5. The van der Waals surface area contributed by atoms with E-state index in [4.69, 9.17) is 5.11 Å². The van der Waals surface area contributed by atoms with Gasteiger partial charge in [-0.15, -0.1) is 0 Å². The molecular weight excluding hydrogens is 220 g/mol. The van der Waals surface area contributed by atoms with Crippen molar-refractivity contribution in [3.63, 3.8) is 0 Å². The van der Waals surface area contributed by atoms with Crippen LogP contribution in [0.15, 0.2) is 0 Å². The minimum atomic E-state index is -0.753. The number of aliphatic carboxylic acids is 1. The van der Waals surface area contributed by atoms with Crippen molar-refractivity contribution in [3.8, 4) is 0 Å². The molecule has 0 spiro atoms. The molecular formula is C13H20O4. The van der Waals surface area contributed by atoms with E-state index in [1.165, 1.54) is 0 Å². The number of Topliss-reactive ketones (excluding diaryl/α,β-unsaturated/α-hetero) is 1. The summed E-state index contributed by atoms with van der Waals surface area (Å²) in [5.74, 6) is -0.655.